The smallest absolute Gasteiger partial charge is 0.204 e. The van der Waals surface area contributed by atoms with Gasteiger partial charge in [0.25, 0.3) is 0 Å². The number of nitrogens with zero attached hydrogens (tertiary/aromatic N) is 1. The number of amides is 1. The summed E-state index contributed by atoms with van der Waals surface area (Å²) >= 11 is 0. The number of rotatable bonds is 3. The number of hydrogen-bond donors (Lipinski definition) is 1. The second-order valence-electron chi connectivity index (χ2n) is 2.42. The van der Waals surface area contributed by atoms with Crippen LogP contribution >= 0.6 is 0 Å². The van der Waals surface area contributed by atoms with Crippen molar-refractivity contribution >= 4 is 12.6 Å². The van der Waals surface area contributed by atoms with Gasteiger partial charge < -0.3 is 5.73 Å². The summed E-state index contributed by atoms with van der Waals surface area (Å²) in [6.45, 7) is 2.21. The minimum atomic E-state index is 0. The molecular weight excluding hydrogens is 156 g/mol. The SMILES string of the molecule is C[15N+](C)=CCCC[13CH3].N[13CH]=O.[13CH4]. The quantitative estimate of drug-likeness (QED) is 0.174. The van der Waals surface area contributed by atoms with Gasteiger partial charge in [-0.25, -0.2) is 4.58 Å². The van der Waals surface area contributed by atoms with Crippen LogP contribution in [0.3, 0.4) is 0 Å². The molecule has 0 aliphatic rings. The Morgan fingerprint density at radius 3 is 2.08 bits per heavy atom. The number of carbonyl (C=O) groups is 1. The number of unbranched alkanes of at least 4 members (excludes halogenated alkanes) is 2. The first-order chi connectivity index (χ1) is 5.18. The van der Waals surface area contributed by atoms with E-state index < -0.39 is 0 Å². The average Bonchev–Trinajstić information content (AvgIpc) is 1.89. The molecule has 0 heterocycles. The van der Waals surface area contributed by atoms with Crippen molar-refractivity contribution in [3.63, 3.8) is 0 Å². The molecule has 0 aliphatic heterocycles. The van der Waals surface area contributed by atoms with Crippen LogP contribution < -0.4 is 5.73 Å². The van der Waals surface area contributed by atoms with E-state index in [0.29, 0.717) is 0 Å². The third-order valence-corrected chi connectivity index (χ3v) is 1.05. The topological polar surface area (TPSA) is 46.1 Å². The summed E-state index contributed by atoms with van der Waals surface area (Å²) in [5, 5.41) is 0. The standard InChI is InChI=1S/C7H16N.CH3NO.CH4/c1-4-5-6-7-8(2)3;2-1-3;/h7H,4-6H2,1-3H3;1H,(H2,2,3);1H4/q+1;;/i1+1,8+1;2*1+1. The molecule has 12 heavy (non-hydrogen) atoms. The summed E-state index contributed by atoms with van der Waals surface area (Å²) in [7, 11) is 4.13. The monoisotopic (exact) mass is 179 g/mol. The lowest BCUT2D eigenvalue weighted by Crippen LogP contribution is -1.97. The van der Waals surface area contributed by atoms with Gasteiger partial charge in [-0.3, -0.25) is 4.79 Å². The van der Waals surface area contributed by atoms with Crippen molar-refractivity contribution in [2.24, 2.45) is 5.73 Å². The zero-order valence-electron chi connectivity index (χ0n) is 7.71. The molecule has 0 aromatic carbocycles. The van der Waals surface area contributed by atoms with Gasteiger partial charge in [-0.1, -0.05) is 20.8 Å². The molecule has 2 N–H and O–H groups in total. The molecule has 3 heteroatoms. The van der Waals surface area contributed by atoms with Gasteiger partial charge in [0, 0.05) is 6.42 Å². The lowest BCUT2D eigenvalue weighted by Gasteiger charge is -1.85. The van der Waals surface area contributed by atoms with Gasteiger partial charge in [-0.15, -0.1) is 0 Å². The van der Waals surface area contributed by atoms with E-state index in [4.69, 9.17) is 4.79 Å². The first-order valence-corrected chi connectivity index (χ1v) is 3.84. The highest BCUT2D eigenvalue weighted by Gasteiger charge is 1.82. The summed E-state index contributed by atoms with van der Waals surface area (Å²) in [6, 6.07) is 0. The fraction of sp³-hybridized carbons (Fsp3) is 0.778. The van der Waals surface area contributed by atoms with Gasteiger partial charge in [0.1, 0.15) is 20.3 Å². The minimum Gasteiger partial charge on any atom is -0.372 e. The van der Waals surface area contributed by atoms with Gasteiger partial charge in [0.15, 0.2) is 0 Å². The molecule has 0 bridgehead atoms. The zero-order valence-corrected chi connectivity index (χ0v) is 7.71. The predicted molar refractivity (Wildman–Crippen MR) is 54.7 cm³/mol. The second kappa shape index (κ2) is 16.6. The van der Waals surface area contributed by atoms with Crippen LogP contribution in [0, 0.1) is 0 Å². The zero-order chi connectivity index (χ0) is 9.11. The van der Waals surface area contributed by atoms with Crippen LogP contribution in [0.15, 0.2) is 0 Å². The fourth-order valence-electron chi connectivity index (χ4n) is 0.554. The Hall–Kier alpha value is -0.860. The first-order valence-electron chi connectivity index (χ1n) is 3.84. The summed E-state index contributed by atoms with van der Waals surface area (Å²) in [5.74, 6) is 0. The van der Waals surface area contributed by atoms with E-state index in [1.807, 2.05) is 0 Å². The molecule has 0 saturated heterocycles. The van der Waals surface area contributed by atoms with E-state index in [0.717, 1.165) is 0 Å². The molecule has 0 aromatic rings. The molecule has 0 unspecified atom stereocenters. The Morgan fingerprint density at radius 2 is 1.83 bits per heavy atom. The molecule has 0 fully saturated rings. The second-order valence-corrected chi connectivity index (χ2v) is 2.42. The number of nitrogens with two attached hydrogens (primary N) is 1. The van der Waals surface area contributed by atoms with Gasteiger partial charge >= 0.3 is 0 Å². The average molecular weight is 179 g/mol. The molecule has 1 amide bonds. The molecule has 0 aromatic heterocycles. The van der Waals surface area contributed by atoms with E-state index in [2.05, 4.69) is 37.5 Å². The van der Waals surface area contributed by atoms with Gasteiger partial charge in [-0.2, -0.15) is 0 Å². The van der Waals surface area contributed by atoms with E-state index in [1.54, 1.807) is 0 Å². The molecule has 0 radical (unpaired) electrons. The Kier molecular flexibility index (Phi) is 23.9. The van der Waals surface area contributed by atoms with E-state index in [1.165, 1.54) is 19.3 Å². The van der Waals surface area contributed by atoms with Crippen molar-refractivity contribution < 1.29 is 9.37 Å². The first kappa shape index (κ1) is 17.3. The molecule has 3 nitrogen and oxygen atoms in total. The normalized spacial score (nSPS) is 6.92. The van der Waals surface area contributed by atoms with Crippen LogP contribution in [0.1, 0.15) is 33.6 Å². The Labute approximate surface area is 76.3 Å². The summed E-state index contributed by atoms with van der Waals surface area (Å²) in [5.41, 5.74) is 4.17. The molecule has 0 atom stereocenters. The fourth-order valence-corrected chi connectivity index (χ4v) is 0.554. The molecular formula is C9H23N2O+. The number of carbonyl (C=O) groups excluding carboxylic acids is 1. The van der Waals surface area contributed by atoms with Crippen molar-refractivity contribution in [1.29, 1.82) is 0 Å². The minimum absolute atomic E-state index is 0. The third kappa shape index (κ3) is 35.3. The largest absolute Gasteiger partial charge is 0.372 e. The molecule has 0 rings (SSSR count). The van der Waals surface area contributed by atoms with Crippen LogP contribution in [-0.2, 0) is 4.79 Å². The van der Waals surface area contributed by atoms with Crippen LogP contribution in [0.2, 0.25) is 0 Å². The van der Waals surface area contributed by atoms with E-state index in [-0.39, 0.29) is 13.8 Å². The van der Waals surface area contributed by atoms with E-state index in [9.17, 15) is 0 Å². The van der Waals surface area contributed by atoms with Crippen LogP contribution in [-0.4, -0.2) is 31.3 Å². The van der Waals surface area contributed by atoms with Gasteiger partial charge in [0.2, 0.25) is 6.41 Å². The maximum absolute atomic E-state index is 8.58. The highest BCUT2D eigenvalue weighted by atomic mass is 16.2. The van der Waals surface area contributed by atoms with Crippen LogP contribution in [0.25, 0.3) is 0 Å². The molecule has 0 spiro atoms. The molecule has 0 aliphatic carbocycles. The van der Waals surface area contributed by atoms with Crippen molar-refractivity contribution in [1.82, 2.24) is 0 Å². The Balaban J connectivity index is -0.000000177. The summed E-state index contributed by atoms with van der Waals surface area (Å²) in [4.78, 5) is 8.58. The lowest BCUT2D eigenvalue weighted by molar-refractivity contribution is -0.460. The van der Waals surface area contributed by atoms with Crippen molar-refractivity contribution in [3.05, 3.63) is 0 Å². The van der Waals surface area contributed by atoms with Gasteiger partial charge in [0.05, 0.1) is 0 Å². The van der Waals surface area contributed by atoms with Crippen molar-refractivity contribution in [2.75, 3.05) is 14.1 Å². The highest BCUT2D eigenvalue weighted by Crippen LogP contribution is 1.88. The van der Waals surface area contributed by atoms with Crippen molar-refractivity contribution in [3.8, 4) is 0 Å². The summed E-state index contributed by atoms with van der Waals surface area (Å²) < 4.78 is 2.11. The summed E-state index contributed by atoms with van der Waals surface area (Å²) in [6.07, 6.45) is 6.30. The number of hydrogen-bond acceptors (Lipinski definition) is 1. The van der Waals surface area contributed by atoms with Crippen molar-refractivity contribution in [2.45, 2.75) is 33.6 Å². The lowest BCUT2D eigenvalue weighted by atomic mass is 10.3. The Bertz CT molecular complexity index is 107. The molecule has 74 valence electrons. The Morgan fingerprint density at radius 1 is 1.42 bits per heavy atom. The van der Waals surface area contributed by atoms with Crippen LogP contribution in [0.4, 0.5) is 0 Å². The van der Waals surface area contributed by atoms with E-state index >= 15 is 0 Å². The highest BCUT2D eigenvalue weighted by molar-refractivity contribution is 5.50. The predicted octanol–water partition coefficient (Wildman–Crippen LogP) is 1.26. The third-order valence-electron chi connectivity index (χ3n) is 1.05. The van der Waals surface area contributed by atoms with Gasteiger partial charge in [-0.05, 0) is 6.42 Å². The maximum atomic E-state index is 8.58. The maximum Gasteiger partial charge on any atom is 0.204 e. The molecule has 0 saturated carbocycles. The number of primary amides is 1. The van der Waals surface area contributed by atoms with Crippen LogP contribution in [0.5, 0.6) is 0 Å².